The van der Waals surface area contributed by atoms with E-state index in [1.54, 1.807) is 38.3 Å². The Bertz CT molecular complexity index is 995. The van der Waals surface area contributed by atoms with Crippen molar-refractivity contribution in [1.82, 2.24) is 10.3 Å². The Hall–Kier alpha value is -3.86. The number of benzene rings is 2. The van der Waals surface area contributed by atoms with Crippen LogP contribution in [-0.4, -0.2) is 43.9 Å². The first-order chi connectivity index (χ1) is 14.4. The summed E-state index contributed by atoms with van der Waals surface area (Å²) in [6.45, 7) is 2.28. The Balaban J connectivity index is 1.73. The van der Waals surface area contributed by atoms with Crippen molar-refractivity contribution < 1.29 is 14.3 Å². The van der Waals surface area contributed by atoms with Crippen LogP contribution in [0.25, 0.3) is 0 Å². The van der Waals surface area contributed by atoms with E-state index < -0.39 is 17.5 Å². The largest absolute Gasteiger partial charge is 0.497 e. The molecule has 0 aromatic heterocycles. The quantitative estimate of drug-likeness (QED) is 0.564. The van der Waals surface area contributed by atoms with E-state index >= 15 is 0 Å². The van der Waals surface area contributed by atoms with Crippen molar-refractivity contribution in [2.45, 2.75) is 18.9 Å². The van der Waals surface area contributed by atoms with Gasteiger partial charge in [0.05, 0.1) is 25.8 Å². The smallest absolute Gasteiger partial charge is 0.346 e. The maximum absolute atomic E-state index is 12.9. The number of nitrogens with one attached hydrogen (secondary N) is 1. The fourth-order valence-electron chi connectivity index (χ4n) is 3.14. The molecule has 1 saturated heterocycles. The molecule has 0 saturated carbocycles. The summed E-state index contributed by atoms with van der Waals surface area (Å²) in [6.07, 6.45) is 1.91. The molecule has 8 heteroatoms. The number of imide groups is 1. The Kier molecular flexibility index (Phi) is 6.02. The molecule has 0 radical (unpaired) electrons. The summed E-state index contributed by atoms with van der Waals surface area (Å²) in [5.74, 6) is 0.206. The topological polar surface area (TPSA) is 98.0 Å². The number of methoxy groups -OCH3 is 1. The summed E-state index contributed by atoms with van der Waals surface area (Å²) in [6, 6.07) is 16.0. The first kappa shape index (κ1) is 20.9. The van der Waals surface area contributed by atoms with Crippen molar-refractivity contribution in [1.29, 1.82) is 5.26 Å². The van der Waals surface area contributed by atoms with Gasteiger partial charge in [-0.15, -0.1) is 5.01 Å². The summed E-state index contributed by atoms with van der Waals surface area (Å²) in [7, 11) is 3.47. The predicted molar refractivity (Wildman–Crippen MR) is 113 cm³/mol. The normalized spacial score (nSPS) is 18.4. The van der Waals surface area contributed by atoms with Gasteiger partial charge in [-0.3, -0.25) is 4.79 Å². The number of nitriles is 1. The molecule has 1 N–H and O–H groups in total. The number of hydrazone groups is 1. The molecule has 2 aromatic rings. The zero-order chi connectivity index (χ0) is 21.7. The van der Waals surface area contributed by atoms with E-state index in [4.69, 9.17) is 10.00 Å². The minimum absolute atomic E-state index is 0.443. The predicted octanol–water partition coefficient (Wildman–Crippen LogP) is 2.85. The molecule has 30 heavy (non-hydrogen) atoms. The average molecular weight is 405 g/mol. The van der Waals surface area contributed by atoms with Gasteiger partial charge in [0, 0.05) is 19.3 Å². The summed E-state index contributed by atoms with van der Waals surface area (Å²) in [5, 5.41) is 16.3. The highest BCUT2D eigenvalue weighted by atomic mass is 16.5. The second kappa shape index (κ2) is 8.66. The highest BCUT2D eigenvalue weighted by Crippen LogP contribution is 2.30. The Labute approximate surface area is 175 Å². The molecule has 1 atom stereocenters. The Morgan fingerprint density at radius 1 is 1.20 bits per heavy atom. The molecule has 2 aromatic carbocycles. The number of anilines is 1. The first-order valence-electron chi connectivity index (χ1n) is 9.42. The monoisotopic (exact) mass is 405 g/mol. The third-order valence-electron chi connectivity index (χ3n) is 5.05. The molecule has 1 aliphatic rings. The minimum Gasteiger partial charge on any atom is -0.497 e. The van der Waals surface area contributed by atoms with Gasteiger partial charge in [0.2, 0.25) is 0 Å². The van der Waals surface area contributed by atoms with Gasteiger partial charge in [-0.25, -0.2) is 4.79 Å². The van der Waals surface area contributed by atoms with E-state index in [0.717, 1.165) is 16.3 Å². The van der Waals surface area contributed by atoms with Crippen LogP contribution in [0, 0.1) is 11.3 Å². The number of carbonyl (C=O) groups excluding carboxylic acids is 2. The summed E-state index contributed by atoms with van der Waals surface area (Å²) >= 11 is 0. The number of carbonyl (C=O) groups is 2. The van der Waals surface area contributed by atoms with E-state index in [9.17, 15) is 9.59 Å². The number of amides is 3. The molecule has 0 spiro atoms. The minimum atomic E-state index is -1.20. The van der Waals surface area contributed by atoms with Gasteiger partial charge in [-0.2, -0.15) is 10.4 Å². The molecule has 0 unspecified atom stereocenters. The maximum Gasteiger partial charge on any atom is 0.346 e. The number of rotatable bonds is 7. The number of hydrogen-bond donors (Lipinski definition) is 1. The van der Waals surface area contributed by atoms with Crippen LogP contribution in [-0.2, 0) is 10.3 Å². The zero-order valence-corrected chi connectivity index (χ0v) is 17.1. The van der Waals surface area contributed by atoms with Crippen LogP contribution in [0.5, 0.6) is 5.75 Å². The SMILES string of the molecule is COc1ccc([C@@]2(C)NC(=O)N(/N=C\c3ccc(N(C)CCC#N)cc3)C2=O)cc1. The number of urea groups is 1. The average Bonchev–Trinajstić information content (AvgIpc) is 2.99. The molecule has 0 bridgehead atoms. The fourth-order valence-corrected chi connectivity index (χ4v) is 3.14. The third-order valence-corrected chi connectivity index (χ3v) is 5.05. The molecule has 0 aliphatic carbocycles. The third kappa shape index (κ3) is 4.10. The Morgan fingerprint density at radius 3 is 2.47 bits per heavy atom. The fraction of sp³-hybridized carbons (Fsp3) is 0.273. The van der Waals surface area contributed by atoms with Crippen molar-refractivity contribution in [3.05, 3.63) is 59.7 Å². The van der Waals surface area contributed by atoms with Gasteiger partial charge >= 0.3 is 6.03 Å². The van der Waals surface area contributed by atoms with Crippen LogP contribution in [0.4, 0.5) is 10.5 Å². The Morgan fingerprint density at radius 2 is 1.87 bits per heavy atom. The van der Waals surface area contributed by atoms with Crippen molar-refractivity contribution in [2.24, 2.45) is 5.10 Å². The van der Waals surface area contributed by atoms with Gasteiger partial charge in [-0.05, 0) is 42.3 Å². The highest BCUT2D eigenvalue weighted by molar-refractivity contribution is 6.07. The van der Waals surface area contributed by atoms with E-state index in [1.165, 1.54) is 6.21 Å². The molecule has 3 rings (SSSR count). The van der Waals surface area contributed by atoms with Crippen molar-refractivity contribution in [3.63, 3.8) is 0 Å². The van der Waals surface area contributed by atoms with Crippen LogP contribution in [0.1, 0.15) is 24.5 Å². The van der Waals surface area contributed by atoms with Crippen LogP contribution < -0.4 is 15.0 Å². The standard InChI is InChI=1S/C22H23N5O3/c1-22(17-7-11-19(30-3)12-8-17)20(28)27(21(29)25-22)24-15-16-5-9-18(10-6-16)26(2)14-4-13-23/h5-12,15H,4,14H2,1-3H3,(H,25,29)/b24-15-/t22-/m1/s1. The van der Waals surface area contributed by atoms with E-state index in [1.807, 2.05) is 36.2 Å². The number of ether oxygens (including phenoxy) is 1. The van der Waals surface area contributed by atoms with Gasteiger partial charge in [-0.1, -0.05) is 24.3 Å². The van der Waals surface area contributed by atoms with Crippen molar-refractivity contribution in [2.75, 3.05) is 25.6 Å². The molecule has 8 nitrogen and oxygen atoms in total. The lowest BCUT2D eigenvalue weighted by Gasteiger charge is -2.21. The summed E-state index contributed by atoms with van der Waals surface area (Å²) in [5.41, 5.74) is 1.15. The van der Waals surface area contributed by atoms with Gasteiger partial charge in [0.25, 0.3) is 5.91 Å². The highest BCUT2D eigenvalue weighted by Gasteiger charge is 2.49. The lowest BCUT2D eigenvalue weighted by molar-refractivity contribution is -0.131. The molecule has 3 amide bonds. The molecule has 1 aliphatic heterocycles. The second-order valence-electron chi connectivity index (χ2n) is 7.07. The zero-order valence-electron chi connectivity index (χ0n) is 17.1. The van der Waals surface area contributed by atoms with E-state index in [0.29, 0.717) is 24.3 Å². The van der Waals surface area contributed by atoms with Gasteiger partial charge < -0.3 is 15.0 Å². The second-order valence-corrected chi connectivity index (χ2v) is 7.07. The molecular formula is C22H23N5O3. The molecule has 154 valence electrons. The maximum atomic E-state index is 12.9. The van der Waals surface area contributed by atoms with Crippen LogP contribution in [0.2, 0.25) is 0 Å². The van der Waals surface area contributed by atoms with Gasteiger partial charge in [0.1, 0.15) is 11.3 Å². The summed E-state index contributed by atoms with van der Waals surface area (Å²) in [4.78, 5) is 27.3. The van der Waals surface area contributed by atoms with Crippen LogP contribution in [0.15, 0.2) is 53.6 Å². The van der Waals surface area contributed by atoms with E-state index in [-0.39, 0.29) is 0 Å². The molecule has 1 fully saturated rings. The first-order valence-corrected chi connectivity index (χ1v) is 9.42. The lowest BCUT2D eigenvalue weighted by Crippen LogP contribution is -2.40. The molecule has 1 heterocycles. The van der Waals surface area contributed by atoms with Crippen molar-refractivity contribution in [3.8, 4) is 11.8 Å². The van der Waals surface area contributed by atoms with Crippen molar-refractivity contribution >= 4 is 23.8 Å². The lowest BCUT2D eigenvalue weighted by atomic mass is 9.92. The van der Waals surface area contributed by atoms with E-state index in [2.05, 4.69) is 16.5 Å². The number of hydrogen-bond acceptors (Lipinski definition) is 6. The number of nitrogens with zero attached hydrogens (tertiary/aromatic N) is 4. The van der Waals surface area contributed by atoms with Crippen LogP contribution >= 0.6 is 0 Å². The molecular weight excluding hydrogens is 382 g/mol. The summed E-state index contributed by atoms with van der Waals surface area (Å²) < 4.78 is 5.14. The van der Waals surface area contributed by atoms with Gasteiger partial charge in [0.15, 0.2) is 0 Å². The van der Waals surface area contributed by atoms with Crippen LogP contribution in [0.3, 0.4) is 0 Å².